The van der Waals surface area contributed by atoms with Gasteiger partial charge in [0.15, 0.2) is 17.7 Å². The van der Waals surface area contributed by atoms with Crippen LogP contribution in [0, 0.1) is 0 Å². The van der Waals surface area contributed by atoms with E-state index in [-0.39, 0.29) is 17.4 Å². The van der Waals surface area contributed by atoms with Gasteiger partial charge in [0.1, 0.15) is 23.8 Å². The molecule has 3 heterocycles. The summed E-state index contributed by atoms with van der Waals surface area (Å²) in [6.07, 6.45) is -3.03. The summed E-state index contributed by atoms with van der Waals surface area (Å²) in [4.78, 5) is 12.5. The fourth-order valence-corrected chi connectivity index (χ4v) is 3.03. The van der Waals surface area contributed by atoms with Gasteiger partial charge in [-0.25, -0.2) is 4.98 Å². The first-order valence-corrected chi connectivity index (χ1v) is 8.62. The fourth-order valence-electron chi connectivity index (χ4n) is 3.03. The predicted octanol–water partition coefficient (Wildman–Crippen LogP) is 0.304. The highest BCUT2D eigenvalue weighted by atomic mass is 16.6. The summed E-state index contributed by atoms with van der Waals surface area (Å²) in [6, 6.07) is 9.58. The van der Waals surface area contributed by atoms with Crippen molar-refractivity contribution in [1.82, 2.24) is 19.5 Å². The molecule has 1 aliphatic heterocycles. The number of ether oxygens (including phenoxy) is 1. The van der Waals surface area contributed by atoms with Crippen LogP contribution in [0.3, 0.4) is 0 Å². The van der Waals surface area contributed by atoms with Crippen LogP contribution >= 0.6 is 0 Å². The average Bonchev–Trinajstić information content (AvgIpc) is 3.24. The molecule has 11 heteroatoms. The van der Waals surface area contributed by atoms with Crippen LogP contribution in [-0.4, -0.2) is 59.8 Å². The van der Waals surface area contributed by atoms with Crippen LogP contribution in [0.25, 0.3) is 11.2 Å². The number of aromatic nitrogens is 4. The van der Waals surface area contributed by atoms with Gasteiger partial charge in [-0.1, -0.05) is 30.3 Å². The van der Waals surface area contributed by atoms with Crippen LogP contribution in [0.4, 0.5) is 11.8 Å². The monoisotopic (exact) mass is 385 g/mol. The van der Waals surface area contributed by atoms with Gasteiger partial charge in [0.05, 0.1) is 19.5 Å². The number of anilines is 1. The Balaban J connectivity index is 1.63. The lowest BCUT2D eigenvalue weighted by atomic mass is 10.1. The Morgan fingerprint density at radius 1 is 1.14 bits per heavy atom. The van der Waals surface area contributed by atoms with E-state index in [1.807, 2.05) is 30.3 Å². The lowest BCUT2D eigenvalue weighted by molar-refractivity contribution is -0.0511. The normalized spacial score (nSPS) is 25.1. The maximum atomic E-state index is 10.2. The zero-order valence-corrected chi connectivity index (χ0v) is 14.7. The van der Waals surface area contributed by atoms with Gasteiger partial charge in [-0.2, -0.15) is 15.1 Å². The van der Waals surface area contributed by atoms with E-state index in [1.165, 1.54) is 10.9 Å². The van der Waals surface area contributed by atoms with Gasteiger partial charge >= 0.3 is 0 Å². The number of benzene rings is 1. The highest BCUT2D eigenvalue weighted by Gasteiger charge is 2.44. The van der Waals surface area contributed by atoms with Crippen molar-refractivity contribution in [2.24, 2.45) is 10.2 Å². The lowest BCUT2D eigenvalue weighted by Gasteiger charge is -2.16. The Morgan fingerprint density at radius 3 is 2.64 bits per heavy atom. The number of hydrogen-bond donors (Lipinski definition) is 4. The second-order valence-electron chi connectivity index (χ2n) is 6.35. The summed E-state index contributed by atoms with van der Waals surface area (Å²) in [5, 5.41) is 37.6. The number of imidazole rings is 1. The smallest absolute Gasteiger partial charge is 0.272 e. The molecule has 0 bridgehead atoms. The van der Waals surface area contributed by atoms with Gasteiger partial charge in [0.25, 0.3) is 5.95 Å². The predicted molar refractivity (Wildman–Crippen MR) is 97.4 cm³/mol. The molecule has 11 nitrogen and oxygen atoms in total. The topological polar surface area (TPSA) is 164 Å². The summed E-state index contributed by atoms with van der Waals surface area (Å²) >= 11 is 0. The number of nitrogens with two attached hydrogens (primary N) is 1. The van der Waals surface area contributed by atoms with E-state index in [9.17, 15) is 15.3 Å². The summed E-state index contributed by atoms with van der Waals surface area (Å²) in [5.74, 6) is 0.138. The van der Waals surface area contributed by atoms with Crippen molar-refractivity contribution in [2.45, 2.75) is 31.1 Å². The molecule has 4 atom stereocenters. The van der Waals surface area contributed by atoms with Crippen molar-refractivity contribution in [1.29, 1.82) is 0 Å². The molecule has 1 unspecified atom stereocenters. The number of azo groups is 1. The van der Waals surface area contributed by atoms with Crippen LogP contribution < -0.4 is 5.73 Å². The second-order valence-corrected chi connectivity index (χ2v) is 6.35. The molecule has 1 saturated heterocycles. The first-order chi connectivity index (χ1) is 13.6. The Kier molecular flexibility index (Phi) is 4.96. The van der Waals surface area contributed by atoms with Gasteiger partial charge < -0.3 is 25.8 Å². The molecule has 1 aromatic carbocycles. The second kappa shape index (κ2) is 7.56. The maximum Gasteiger partial charge on any atom is 0.272 e. The summed E-state index contributed by atoms with van der Waals surface area (Å²) < 4.78 is 6.95. The van der Waals surface area contributed by atoms with Crippen LogP contribution in [-0.2, 0) is 11.3 Å². The zero-order chi connectivity index (χ0) is 19.7. The number of rotatable bonds is 5. The minimum atomic E-state index is -1.27. The van der Waals surface area contributed by atoms with Gasteiger partial charge in [0, 0.05) is 0 Å². The van der Waals surface area contributed by atoms with Gasteiger partial charge in [-0.15, -0.1) is 5.11 Å². The molecule has 1 aliphatic rings. The molecule has 0 radical (unpaired) electrons. The van der Waals surface area contributed by atoms with Crippen LogP contribution in [0.5, 0.6) is 0 Å². The number of aliphatic hydroxyl groups excluding tert-OH is 3. The summed E-state index contributed by atoms with van der Waals surface area (Å²) in [7, 11) is 0. The molecule has 0 saturated carbocycles. The molecule has 146 valence electrons. The number of nitrogens with zero attached hydrogens (tertiary/aromatic N) is 6. The van der Waals surface area contributed by atoms with Crippen LogP contribution in [0.15, 0.2) is 46.9 Å². The van der Waals surface area contributed by atoms with Crippen molar-refractivity contribution in [3.8, 4) is 0 Å². The van der Waals surface area contributed by atoms with E-state index in [1.54, 1.807) is 0 Å². The van der Waals surface area contributed by atoms with E-state index < -0.39 is 31.1 Å². The molecular weight excluding hydrogens is 366 g/mol. The Bertz CT molecular complexity index is 994. The first-order valence-electron chi connectivity index (χ1n) is 8.62. The molecule has 0 spiro atoms. The number of aliphatic hydroxyl groups is 3. The van der Waals surface area contributed by atoms with Crippen molar-refractivity contribution in [2.75, 3.05) is 12.3 Å². The van der Waals surface area contributed by atoms with E-state index in [2.05, 4.69) is 25.2 Å². The van der Waals surface area contributed by atoms with E-state index in [0.29, 0.717) is 12.1 Å². The standard InChI is InChI=1S/C17H19N7O4/c18-14-11-15(22-17(21-14)23-20-6-9-4-2-1-3-5-9)24(8-19-11)16-13(27)12(26)10(7-25)28-16/h1-5,8,10,12-13,16,25-27H,6-7H2,(H2,18,21,22)/t10-,12-,13-,16?/m1/s1. The largest absolute Gasteiger partial charge is 0.394 e. The lowest BCUT2D eigenvalue weighted by Crippen LogP contribution is -2.33. The molecule has 28 heavy (non-hydrogen) atoms. The molecule has 3 aromatic rings. The van der Waals surface area contributed by atoms with E-state index in [4.69, 9.17) is 10.5 Å². The molecular formula is C17H19N7O4. The number of fused-ring (bicyclic) bond motifs is 1. The minimum Gasteiger partial charge on any atom is -0.394 e. The molecule has 0 aliphatic carbocycles. The van der Waals surface area contributed by atoms with E-state index in [0.717, 1.165) is 5.56 Å². The number of hydrogen-bond acceptors (Lipinski definition) is 10. The SMILES string of the molecule is Nc1nc(N=NCc2ccccc2)nc2c1ncn2C1O[C@H](CO)[C@@H](O)[C@H]1O. The summed E-state index contributed by atoms with van der Waals surface area (Å²) in [5.41, 5.74) is 7.51. The summed E-state index contributed by atoms with van der Waals surface area (Å²) in [6.45, 7) is -0.0757. The Labute approximate surface area is 159 Å². The molecule has 0 amide bonds. The molecule has 4 rings (SSSR count). The minimum absolute atomic E-state index is 0.0365. The zero-order valence-electron chi connectivity index (χ0n) is 14.7. The first kappa shape index (κ1) is 18.4. The van der Waals surface area contributed by atoms with Crippen molar-refractivity contribution >= 4 is 22.9 Å². The highest BCUT2D eigenvalue weighted by molar-refractivity contribution is 5.82. The third-order valence-corrected chi connectivity index (χ3v) is 4.48. The maximum absolute atomic E-state index is 10.2. The van der Waals surface area contributed by atoms with Crippen molar-refractivity contribution < 1.29 is 20.1 Å². The third kappa shape index (κ3) is 3.31. The quantitative estimate of drug-likeness (QED) is 0.455. The Morgan fingerprint density at radius 2 is 1.93 bits per heavy atom. The third-order valence-electron chi connectivity index (χ3n) is 4.48. The fraction of sp³-hybridized carbons (Fsp3) is 0.353. The molecule has 5 N–H and O–H groups in total. The van der Waals surface area contributed by atoms with Crippen molar-refractivity contribution in [3.63, 3.8) is 0 Å². The van der Waals surface area contributed by atoms with Gasteiger partial charge in [0.2, 0.25) is 0 Å². The average molecular weight is 385 g/mol. The molecule has 2 aromatic heterocycles. The van der Waals surface area contributed by atoms with Gasteiger partial charge in [-0.05, 0) is 5.56 Å². The van der Waals surface area contributed by atoms with Crippen LogP contribution in [0.1, 0.15) is 11.8 Å². The highest BCUT2D eigenvalue weighted by Crippen LogP contribution is 2.32. The van der Waals surface area contributed by atoms with Crippen molar-refractivity contribution in [3.05, 3.63) is 42.2 Å². The van der Waals surface area contributed by atoms with E-state index >= 15 is 0 Å². The van der Waals surface area contributed by atoms with Crippen LogP contribution in [0.2, 0.25) is 0 Å². The number of nitrogen functional groups attached to an aromatic ring is 1. The van der Waals surface area contributed by atoms with Gasteiger partial charge in [-0.3, -0.25) is 4.57 Å². The molecule has 1 fully saturated rings. The Hall–Kier alpha value is -2.99.